The van der Waals surface area contributed by atoms with Crippen molar-refractivity contribution >= 4 is 61.6 Å². The van der Waals surface area contributed by atoms with Crippen LogP contribution in [0.3, 0.4) is 0 Å². The van der Waals surface area contributed by atoms with Gasteiger partial charge in [0.05, 0.1) is 9.82 Å². The maximum absolute atomic E-state index is 11.4. The number of alkyl halides is 3. The first kappa shape index (κ1) is 13.0. The number of carbonyl (C=O) groups excluding carboxylic acids is 1. The van der Waals surface area contributed by atoms with E-state index in [0.717, 1.165) is 12.8 Å². The second kappa shape index (κ2) is 4.46. The first-order chi connectivity index (χ1) is 6.41. The van der Waals surface area contributed by atoms with Crippen molar-refractivity contribution in [2.75, 3.05) is 5.33 Å². The third-order valence-corrected chi connectivity index (χ3v) is 6.54. The molecule has 1 saturated heterocycles. The molecule has 1 fully saturated rings. The maximum Gasteiger partial charge on any atom is 0.321 e. The minimum Gasteiger partial charge on any atom is -0.466 e. The Labute approximate surface area is 110 Å². The van der Waals surface area contributed by atoms with Gasteiger partial charge in [-0.25, -0.2) is 0 Å². The fraction of sp³-hybridized carbons (Fsp3) is 0.875. The Morgan fingerprint density at radius 2 is 2.21 bits per heavy atom. The first-order valence-corrected chi connectivity index (χ1v) is 7.15. The van der Waals surface area contributed by atoms with Crippen LogP contribution in [0.15, 0.2) is 0 Å². The van der Waals surface area contributed by atoms with Crippen molar-refractivity contribution in [3.8, 4) is 0 Å². The molecule has 2 radical (unpaired) electrons. The van der Waals surface area contributed by atoms with Crippen molar-refractivity contribution in [1.82, 2.24) is 0 Å². The number of hydrogen-bond acceptors (Lipinski definition) is 2. The molecule has 0 aromatic carbocycles. The van der Waals surface area contributed by atoms with Gasteiger partial charge in [0.2, 0.25) is 0 Å². The fourth-order valence-electron chi connectivity index (χ4n) is 1.56. The lowest BCUT2D eigenvalue weighted by atomic mass is 9.71. The molecular formula is C8H10BBr3O2. The molecular weight excluding hydrogens is 379 g/mol. The fourth-order valence-corrected chi connectivity index (χ4v) is 4.06. The van der Waals surface area contributed by atoms with Crippen LogP contribution in [-0.2, 0) is 9.53 Å². The second-order valence-electron chi connectivity index (χ2n) is 3.42. The summed E-state index contributed by atoms with van der Waals surface area (Å²) in [6, 6.07) is 0. The van der Waals surface area contributed by atoms with Crippen molar-refractivity contribution in [3.05, 3.63) is 0 Å². The van der Waals surface area contributed by atoms with E-state index < -0.39 is 14.7 Å². The van der Waals surface area contributed by atoms with E-state index in [0.29, 0.717) is 5.33 Å². The van der Waals surface area contributed by atoms with E-state index in [-0.39, 0.29) is 5.97 Å². The van der Waals surface area contributed by atoms with Crippen LogP contribution >= 0.6 is 47.8 Å². The van der Waals surface area contributed by atoms with Crippen LogP contribution < -0.4 is 0 Å². The van der Waals surface area contributed by atoms with Crippen LogP contribution in [0.5, 0.6) is 0 Å². The van der Waals surface area contributed by atoms with Crippen LogP contribution in [0.4, 0.5) is 0 Å². The van der Waals surface area contributed by atoms with Gasteiger partial charge < -0.3 is 4.74 Å². The van der Waals surface area contributed by atoms with Crippen molar-refractivity contribution in [2.45, 2.75) is 34.4 Å². The number of carbonyl (C=O) groups is 1. The Morgan fingerprint density at radius 1 is 1.64 bits per heavy atom. The van der Waals surface area contributed by atoms with Crippen molar-refractivity contribution in [2.24, 2.45) is 0 Å². The summed E-state index contributed by atoms with van der Waals surface area (Å²) in [7, 11) is 6.04. The van der Waals surface area contributed by atoms with Gasteiger partial charge >= 0.3 is 5.97 Å². The lowest BCUT2D eigenvalue weighted by Gasteiger charge is -2.37. The molecule has 14 heavy (non-hydrogen) atoms. The maximum atomic E-state index is 11.4. The highest BCUT2D eigenvalue weighted by molar-refractivity contribution is 9.13. The normalized spacial score (nSPS) is 42.6. The minimum atomic E-state index is -0.978. The predicted octanol–water partition coefficient (Wildman–Crippen LogP) is 2.50. The topological polar surface area (TPSA) is 26.3 Å². The molecule has 78 valence electrons. The zero-order valence-corrected chi connectivity index (χ0v) is 12.5. The van der Waals surface area contributed by atoms with Gasteiger partial charge in [0, 0.05) is 5.33 Å². The average Bonchev–Trinajstić information content (AvgIpc) is 2.30. The molecule has 0 aromatic heterocycles. The molecule has 1 rings (SSSR count). The zero-order valence-electron chi connectivity index (χ0n) is 7.73. The molecule has 1 aliphatic heterocycles. The molecule has 0 N–H and O–H groups in total. The Balaban J connectivity index is 3.03. The number of hydrogen-bond donors (Lipinski definition) is 0. The van der Waals surface area contributed by atoms with Gasteiger partial charge in [-0.2, -0.15) is 0 Å². The van der Waals surface area contributed by atoms with E-state index in [1.165, 1.54) is 0 Å². The number of halogens is 3. The van der Waals surface area contributed by atoms with Gasteiger partial charge in [-0.1, -0.05) is 61.1 Å². The summed E-state index contributed by atoms with van der Waals surface area (Å²) in [5, 5.41) is 0.416. The summed E-state index contributed by atoms with van der Waals surface area (Å²) < 4.78 is 4.64. The lowest BCUT2D eigenvalue weighted by molar-refractivity contribution is -0.142. The molecule has 1 aliphatic rings. The summed E-state index contributed by atoms with van der Waals surface area (Å²) in [5.74, 6) is -0.308. The monoisotopic (exact) mass is 386 g/mol. The third-order valence-electron chi connectivity index (χ3n) is 2.41. The summed E-state index contributed by atoms with van der Waals surface area (Å²) >= 11 is 10.1. The van der Waals surface area contributed by atoms with Gasteiger partial charge in [0.1, 0.15) is 12.7 Å². The number of cyclic esters (lactones) is 1. The molecule has 0 saturated carbocycles. The highest BCUT2D eigenvalue weighted by Gasteiger charge is 2.60. The molecule has 0 spiro atoms. The van der Waals surface area contributed by atoms with Crippen LogP contribution in [0.25, 0.3) is 0 Å². The molecule has 3 atom stereocenters. The van der Waals surface area contributed by atoms with E-state index in [4.69, 9.17) is 12.6 Å². The molecule has 2 nitrogen and oxygen atoms in total. The smallest absolute Gasteiger partial charge is 0.321 e. The highest BCUT2D eigenvalue weighted by Crippen LogP contribution is 2.49. The van der Waals surface area contributed by atoms with Gasteiger partial charge in [0.25, 0.3) is 0 Å². The SMILES string of the molecule is [B]C1(CBr)OC(=O)C(Br)C1(Br)CCC. The second-order valence-corrected chi connectivity index (χ2v) is 6.31. The zero-order chi connectivity index (χ0) is 11.0. The third kappa shape index (κ3) is 1.82. The van der Waals surface area contributed by atoms with Gasteiger partial charge in [-0.15, -0.1) is 0 Å². The van der Waals surface area contributed by atoms with Crippen molar-refractivity contribution in [3.63, 3.8) is 0 Å². The average molecular weight is 389 g/mol. The van der Waals surface area contributed by atoms with Gasteiger partial charge in [-0.3, -0.25) is 4.79 Å². The highest BCUT2D eigenvalue weighted by atomic mass is 79.9. The summed E-state index contributed by atoms with van der Waals surface area (Å²) in [5.41, 5.74) is -0.978. The molecule has 1 heterocycles. The molecule has 0 amide bonds. The number of rotatable bonds is 3. The molecule has 3 unspecified atom stereocenters. The summed E-state index contributed by atoms with van der Waals surface area (Å²) in [6.45, 7) is 2.04. The standard InChI is InChI=1S/C8H10BBr3O2/c1-2-3-7(12)5(11)6(13)14-8(7,9)4-10/h5H,2-4H2,1H3. The van der Waals surface area contributed by atoms with Crippen LogP contribution in [-0.4, -0.2) is 33.8 Å². The van der Waals surface area contributed by atoms with Gasteiger partial charge in [-0.05, 0) is 6.42 Å². The quantitative estimate of drug-likeness (QED) is 0.422. The van der Waals surface area contributed by atoms with Crippen LogP contribution in [0.1, 0.15) is 19.8 Å². The summed E-state index contributed by atoms with van der Waals surface area (Å²) in [6.07, 6.45) is 1.70. The lowest BCUT2D eigenvalue weighted by Crippen LogP contribution is -2.52. The molecule has 0 aromatic rings. The summed E-state index contributed by atoms with van der Waals surface area (Å²) in [4.78, 5) is 11.0. The van der Waals surface area contributed by atoms with E-state index >= 15 is 0 Å². The van der Waals surface area contributed by atoms with Crippen molar-refractivity contribution in [1.29, 1.82) is 0 Å². The van der Waals surface area contributed by atoms with Crippen LogP contribution in [0.2, 0.25) is 0 Å². The van der Waals surface area contributed by atoms with E-state index in [1.54, 1.807) is 0 Å². The Bertz CT molecular complexity index is 251. The molecule has 0 aliphatic carbocycles. The first-order valence-electron chi connectivity index (χ1n) is 4.32. The Morgan fingerprint density at radius 3 is 2.64 bits per heavy atom. The van der Waals surface area contributed by atoms with E-state index in [9.17, 15) is 4.79 Å². The molecule has 0 bridgehead atoms. The van der Waals surface area contributed by atoms with E-state index in [1.807, 2.05) is 6.92 Å². The Hall–Kier alpha value is 0.975. The van der Waals surface area contributed by atoms with Gasteiger partial charge in [0.15, 0.2) is 0 Å². The Kier molecular flexibility index (Phi) is 4.15. The largest absolute Gasteiger partial charge is 0.466 e. The van der Waals surface area contributed by atoms with E-state index in [2.05, 4.69) is 47.8 Å². The predicted molar refractivity (Wildman–Crippen MR) is 67.7 cm³/mol. The van der Waals surface area contributed by atoms with Crippen molar-refractivity contribution < 1.29 is 9.53 Å². The number of esters is 1. The van der Waals surface area contributed by atoms with Crippen LogP contribution in [0, 0.1) is 0 Å². The minimum absolute atomic E-state index is 0.308. The molecule has 6 heteroatoms. The number of ether oxygens (including phenoxy) is 1.